The third-order valence-electron chi connectivity index (χ3n) is 6.18. The van der Waals surface area contributed by atoms with Crippen molar-refractivity contribution in [2.75, 3.05) is 7.11 Å². The molecule has 1 aromatic heterocycles. The Labute approximate surface area is 233 Å². The first-order valence-corrected chi connectivity index (χ1v) is 13.3. The van der Waals surface area contributed by atoms with Gasteiger partial charge in [-0.15, -0.1) is 0 Å². The van der Waals surface area contributed by atoms with Crippen LogP contribution in [0.1, 0.15) is 36.7 Å². The van der Waals surface area contributed by atoms with E-state index in [4.69, 9.17) is 26.1 Å². The lowest BCUT2D eigenvalue weighted by molar-refractivity contribution is 0.285. The highest BCUT2D eigenvalue weighted by molar-refractivity contribution is 9.10. The van der Waals surface area contributed by atoms with Crippen LogP contribution >= 0.6 is 27.5 Å². The van der Waals surface area contributed by atoms with E-state index in [1.165, 1.54) is 4.68 Å². The Bertz CT molecular complexity index is 1740. The summed E-state index contributed by atoms with van der Waals surface area (Å²) in [5.41, 5.74) is 1.97. The van der Waals surface area contributed by atoms with Crippen molar-refractivity contribution in [3.8, 4) is 11.5 Å². The number of aromatic nitrogens is 2. The van der Waals surface area contributed by atoms with Gasteiger partial charge < -0.3 is 9.47 Å². The number of methoxy groups -OCH3 is 1. The fourth-order valence-corrected chi connectivity index (χ4v) is 4.91. The Balaban J connectivity index is 1.58. The van der Waals surface area contributed by atoms with Crippen molar-refractivity contribution >= 4 is 55.4 Å². The van der Waals surface area contributed by atoms with E-state index in [0.717, 1.165) is 20.8 Å². The Morgan fingerprint density at radius 3 is 2.63 bits per heavy atom. The van der Waals surface area contributed by atoms with Crippen LogP contribution in [0.3, 0.4) is 0 Å². The lowest BCUT2D eigenvalue weighted by atomic mass is 10.1. The van der Waals surface area contributed by atoms with Crippen LogP contribution in [0.4, 0.5) is 0 Å². The molecule has 38 heavy (non-hydrogen) atoms. The highest BCUT2D eigenvalue weighted by Gasteiger charge is 2.16. The molecule has 0 saturated heterocycles. The van der Waals surface area contributed by atoms with Crippen LogP contribution in [0.2, 0.25) is 5.02 Å². The largest absolute Gasteiger partial charge is 0.493 e. The number of fused-ring (bicyclic) bond motifs is 2. The zero-order chi connectivity index (χ0) is 26.8. The molecule has 5 aromatic rings. The molecular formula is C30H25BrClN3O3. The van der Waals surface area contributed by atoms with Gasteiger partial charge in [-0.25, -0.2) is 4.98 Å². The van der Waals surface area contributed by atoms with Crippen LogP contribution < -0.4 is 15.0 Å². The zero-order valence-electron chi connectivity index (χ0n) is 21.1. The van der Waals surface area contributed by atoms with Crippen LogP contribution in [-0.2, 0) is 6.61 Å². The van der Waals surface area contributed by atoms with Crippen molar-refractivity contribution < 1.29 is 9.47 Å². The third-order valence-corrected chi connectivity index (χ3v) is 6.89. The maximum atomic E-state index is 13.4. The second kappa shape index (κ2) is 11.0. The van der Waals surface area contributed by atoms with Gasteiger partial charge >= 0.3 is 0 Å². The third kappa shape index (κ3) is 5.17. The van der Waals surface area contributed by atoms with E-state index in [9.17, 15) is 4.79 Å². The van der Waals surface area contributed by atoms with Gasteiger partial charge in [0.1, 0.15) is 12.4 Å². The van der Waals surface area contributed by atoms with Crippen molar-refractivity contribution in [2.24, 2.45) is 5.10 Å². The summed E-state index contributed by atoms with van der Waals surface area (Å²) in [7, 11) is 1.56. The lowest BCUT2D eigenvalue weighted by Gasteiger charge is -2.15. The number of nitrogens with zero attached hydrogens (tertiary/aromatic N) is 3. The van der Waals surface area contributed by atoms with Crippen molar-refractivity contribution in [1.29, 1.82) is 0 Å². The molecule has 8 heteroatoms. The maximum absolute atomic E-state index is 13.4. The average Bonchev–Trinajstić information content (AvgIpc) is 2.91. The molecule has 4 aromatic carbocycles. The predicted molar refractivity (Wildman–Crippen MR) is 157 cm³/mol. The van der Waals surface area contributed by atoms with Gasteiger partial charge in [-0.1, -0.05) is 83.8 Å². The monoisotopic (exact) mass is 589 g/mol. The van der Waals surface area contributed by atoms with E-state index in [0.29, 0.717) is 45.4 Å². The average molecular weight is 591 g/mol. The maximum Gasteiger partial charge on any atom is 0.282 e. The number of rotatable bonds is 7. The van der Waals surface area contributed by atoms with Gasteiger partial charge in [0.05, 0.1) is 24.2 Å². The van der Waals surface area contributed by atoms with Gasteiger partial charge in [-0.2, -0.15) is 9.78 Å². The molecule has 6 nitrogen and oxygen atoms in total. The fourth-order valence-electron chi connectivity index (χ4n) is 4.33. The molecule has 0 aliphatic heterocycles. The van der Waals surface area contributed by atoms with E-state index in [-0.39, 0.29) is 11.5 Å². The summed E-state index contributed by atoms with van der Waals surface area (Å²) in [6.07, 6.45) is 1.56. The minimum atomic E-state index is -0.261. The van der Waals surface area contributed by atoms with Gasteiger partial charge in [0, 0.05) is 27.0 Å². The lowest BCUT2D eigenvalue weighted by Crippen LogP contribution is -2.23. The van der Waals surface area contributed by atoms with E-state index in [1.54, 1.807) is 31.5 Å². The minimum Gasteiger partial charge on any atom is -0.493 e. The molecule has 1 heterocycles. The van der Waals surface area contributed by atoms with Gasteiger partial charge in [0.15, 0.2) is 11.5 Å². The Hall–Kier alpha value is -3.68. The summed E-state index contributed by atoms with van der Waals surface area (Å²) in [6.45, 7) is 4.25. The van der Waals surface area contributed by atoms with Crippen LogP contribution in [0, 0.1) is 0 Å². The molecular weight excluding hydrogens is 566 g/mol. The van der Waals surface area contributed by atoms with Gasteiger partial charge in [0.2, 0.25) is 0 Å². The Morgan fingerprint density at radius 1 is 1.05 bits per heavy atom. The SMILES string of the molecule is COc1cc(Cl)cc(C=Nn2c(C(C)C)nc3ccc(Br)cc3c2=O)c1OCc1cccc2ccccc12. The summed E-state index contributed by atoms with van der Waals surface area (Å²) >= 11 is 9.84. The first-order chi connectivity index (χ1) is 18.4. The van der Waals surface area contributed by atoms with Crippen molar-refractivity contribution in [2.45, 2.75) is 26.4 Å². The molecule has 5 rings (SSSR count). The van der Waals surface area contributed by atoms with Crippen molar-refractivity contribution in [3.05, 3.63) is 110 Å². The summed E-state index contributed by atoms with van der Waals surface area (Å²) in [4.78, 5) is 18.2. The zero-order valence-corrected chi connectivity index (χ0v) is 23.5. The molecule has 0 fully saturated rings. The molecule has 0 aliphatic rings. The highest BCUT2D eigenvalue weighted by atomic mass is 79.9. The first-order valence-electron chi connectivity index (χ1n) is 12.1. The molecule has 192 valence electrons. The molecule has 0 atom stereocenters. The molecule has 0 N–H and O–H groups in total. The molecule has 0 amide bonds. The standard InChI is InChI=1S/C30H25BrClN3O3/c1-18(2)29-34-26-12-11-22(31)14-25(26)30(36)35(29)33-16-21-13-23(32)15-27(37-3)28(21)38-17-20-9-6-8-19-7-4-5-10-24(19)20/h4-16,18H,17H2,1-3H3. The second-order valence-electron chi connectivity index (χ2n) is 9.10. The highest BCUT2D eigenvalue weighted by Crippen LogP contribution is 2.35. The molecule has 0 unspecified atom stereocenters. The number of hydrogen-bond acceptors (Lipinski definition) is 5. The normalized spacial score (nSPS) is 11.6. The van der Waals surface area contributed by atoms with Crippen LogP contribution in [0.25, 0.3) is 21.7 Å². The number of benzene rings is 4. The smallest absolute Gasteiger partial charge is 0.282 e. The van der Waals surface area contributed by atoms with Crippen LogP contribution in [0.15, 0.2) is 87.2 Å². The summed E-state index contributed by atoms with van der Waals surface area (Å²) < 4.78 is 14.0. The predicted octanol–water partition coefficient (Wildman–Crippen LogP) is 7.56. The van der Waals surface area contributed by atoms with Gasteiger partial charge in [-0.05, 0) is 40.6 Å². The molecule has 0 spiro atoms. The Morgan fingerprint density at radius 2 is 1.84 bits per heavy atom. The number of hydrogen-bond donors (Lipinski definition) is 0. The number of ether oxygens (including phenoxy) is 2. The van der Waals surface area contributed by atoms with Crippen LogP contribution in [0.5, 0.6) is 11.5 Å². The van der Waals surface area contributed by atoms with Crippen molar-refractivity contribution in [1.82, 2.24) is 9.66 Å². The molecule has 0 saturated carbocycles. The topological polar surface area (TPSA) is 65.7 Å². The molecule has 0 bridgehead atoms. The van der Waals surface area contributed by atoms with Crippen LogP contribution in [-0.4, -0.2) is 23.0 Å². The van der Waals surface area contributed by atoms with E-state index in [1.807, 2.05) is 50.2 Å². The quantitative estimate of drug-likeness (QED) is 0.184. The van der Waals surface area contributed by atoms with E-state index < -0.39 is 0 Å². The fraction of sp³-hybridized carbons (Fsp3) is 0.167. The minimum absolute atomic E-state index is 0.0381. The molecule has 0 radical (unpaired) electrons. The summed E-state index contributed by atoms with van der Waals surface area (Å²) in [6, 6.07) is 23.1. The van der Waals surface area contributed by atoms with E-state index >= 15 is 0 Å². The van der Waals surface area contributed by atoms with Gasteiger partial charge in [0.25, 0.3) is 5.56 Å². The van der Waals surface area contributed by atoms with Crippen molar-refractivity contribution in [3.63, 3.8) is 0 Å². The number of halogens is 2. The summed E-state index contributed by atoms with van der Waals surface area (Å²) in [5.74, 6) is 1.46. The summed E-state index contributed by atoms with van der Waals surface area (Å²) in [5, 5.41) is 7.74. The molecule has 0 aliphatic carbocycles. The Kier molecular flexibility index (Phi) is 7.49. The first kappa shape index (κ1) is 25.9. The second-order valence-corrected chi connectivity index (χ2v) is 10.5. The van der Waals surface area contributed by atoms with Gasteiger partial charge in [-0.3, -0.25) is 4.79 Å². The van der Waals surface area contributed by atoms with E-state index in [2.05, 4.69) is 39.2 Å².